The lowest BCUT2D eigenvalue weighted by Crippen LogP contribution is -2.65. The number of hydrogen-bond donors (Lipinski definition) is 4. The molecule has 37 heavy (non-hydrogen) atoms. The van der Waals surface area contributed by atoms with Crippen molar-refractivity contribution in [2.45, 2.75) is 44.1 Å². The predicted octanol–water partition coefficient (Wildman–Crippen LogP) is 0.958. The molecule has 0 aliphatic carbocycles. The summed E-state index contributed by atoms with van der Waals surface area (Å²) in [5, 5.41) is 33.8. The number of nitrogens with zero attached hydrogens (tertiary/aromatic N) is 1. The van der Waals surface area contributed by atoms with Crippen LogP contribution in [0.25, 0.3) is 10.8 Å². The molecule has 1 unspecified atom stereocenters. The van der Waals surface area contributed by atoms with E-state index in [1.54, 1.807) is 30.3 Å². The predicted molar refractivity (Wildman–Crippen MR) is 131 cm³/mol. The standard InChI is InChI=1S/C27H26N2O8/c1-14(31)28-22-24(33)23(32)20(13-30)37-27(22)36-19-11-10-18-21-16(19)8-5-9-17(21)25(34)29(26(18)35)12-15-6-3-2-4-7-15/h2-11,20,22-24,27,30,32-33H,12-13H2,1H3,(H,28,31)/t20-,22-,23-,24-,27?/m0/s1. The zero-order valence-corrected chi connectivity index (χ0v) is 19.9. The molecule has 4 N–H and O–H groups in total. The number of aliphatic hydroxyl groups excluding tert-OH is 3. The van der Waals surface area contributed by atoms with E-state index in [2.05, 4.69) is 5.32 Å². The van der Waals surface area contributed by atoms with Crippen molar-refractivity contribution in [2.24, 2.45) is 0 Å². The van der Waals surface area contributed by atoms with E-state index in [9.17, 15) is 29.7 Å². The highest BCUT2D eigenvalue weighted by atomic mass is 16.7. The number of carbonyl (C=O) groups excluding carboxylic acids is 3. The second-order valence-electron chi connectivity index (χ2n) is 9.07. The Hall–Kier alpha value is -3.83. The van der Waals surface area contributed by atoms with Crippen LogP contribution in [0.3, 0.4) is 0 Å². The van der Waals surface area contributed by atoms with Crippen LogP contribution in [0.2, 0.25) is 0 Å². The van der Waals surface area contributed by atoms with Gasteiger partial charge in [0.15, 0.2) is 0 Å². The van der Waals surface area contributed by atoms with Gasteiger partial charge in [0.05, 0.1) is 13.2 Å². The molecule has 0 aromatic heterocycles. The summed E-state index contributed by atoms with van der Waals surface area (Å²) < 4.78 is 11.7. The van der Waals surface area contributed by atoms with Crippen molar-refractivity contribution in [2.75, 3.05) is 6.61 Å². The van der Waals surface area contributed by atoms with E-state index in [0.29, 0.717) is 21.9 Å². The van der Waals surface area contributed by atoms with Gasteiger partial charge >= 0.3 is 0 Å². The molecule has 0 radical (unpaired) electrons. The van der Waals surface area contributed by atoms with E-state index in [1.165, 1.54) is 11.8 Å². The summed E-state index contributed by atoms with van der Waals surface area (Å²) in [5.74, 6) is -1.12. The molecule has 3 aromatic rings. The molecule has 192 valence electrons. The molecule has 5 rings (SSSR count). The monoisotopic (exact) mass is 506 g/mol. The molecule has 1 fully saturated rings. The highest BCUT2D eigenvalue weighted by molar-refractivity contribution is 6.26. The molecule has 2 aliphatic rings. The maximum atomic E-state index is 13.4. The lowest BCUT2D eigenvalue weighted by atomic mass is 9.93. The second-order valence-corrected chi connectivity index (χ2v) is 9.07. The van der Waals surface area contributed by atoms with Crippen LogP contribution in [0.4, 0.5) is 0 Å². The van der Waals surface area contributed by atoms with Crippen molar-refractivity contribution in [3.63, 3.8) is 0 Å². The van der Waals surface area contributed by atoms with Gasteiger partial charge in [-0.25, -0.2) is 0 Å². The van der Waals surface area contributed by atoms with Crippen LogP contribution >= 0.6 is 0 Å². The number of amides is 3. The molecule has 10 heteroatoms. The minimum Gasteiger partial charge on any atom is -0.462 e. The molecular formula is C27H26N2O8. The van der Waals surface area contributed by atoms with Crippen LogP contribution in [0.5, 0.6) is 5.75 Å². The second kappa shape index (κ2) is 9.91. The fraction of sp³-hybridized carbons (Fsp3) is 0.296. The lowest BCUT2D eigenvalue weighted by molar-refractivity contribution is -0.244. The van der Waals surface area contributed by atoms with Gasteiger partial charge < -0.3 is 30.1 Å². The Morgan fingerprint density at radius 1 is 0.973 bits per heavy atom. The summed E-state index contributed by atoms with van der Waals surface area (Å²) in [6.07, 6.45) is -5.36. The van der Waals surface area contributed by atoms with Crippen molar-refractivity contribution in [1.29, 1.82) is 0 Å². The van der Waals surface area contributed by atoms with Gasteiger partial charge in [0.25, 0.3) is 11.8 Å². The van der Waals surface area contributed by atoms with Crippen LogP contribution < -0.4 is 10.1 Å². The third kappa shape index (κ3) is 4.44. The van der Waals surface area contributed by atoms with Crippen LogP contribution in [0.15, 0.2) is 60.7 Å². The first-order chi connectivity index (χ1) is 17.8. The number of hydrogen-bond acceptors (Lipinski definition) is 8. The SMILES string of the molecule is CC(=O)N[C@@H]1C(Oc2ccc3c4c(cccc24)C(=O)N(Cc2ccccc2)C3=O)O[C@@H](CO)[C@H](O)[C@H]1O. The average molecular weight is 507 g/mol. The summed E-state index contributed by atoms with van der Waals surface area (Å²) in [5.41, 5.74) is 1.48. The van der Waals surface area contributed by atoms with Gasteiger partial charge in [-0.3, -0.25) is 19.3 Å². The summed E-state index contributed by atoms with van der Waals surface area (Å²) in [6, 6.07) is 16.2. The Balaban J connectivity index is 1.51. The zero-order valence-electron chi connectivity index (χ0n) is 19.9. The molecule has 0 saturated carbocycles. The summed E-state index contributed by atoms with van der Waals surface area (Å²) in [4.78, 5) is 39.7. The molecular weight excluding hydrogens is 480 g/mol. The van der Waals surface area contributed by atoms with E-state index >= 15 is 0 Å². The largest absolute Gasteiger partial charge is 0.462 e. The molecule has 0 spiro atoms. The first kappa shape index (κ1) is 24.8. The van der Waals surface area contributed by atoms with Crippen LogP contribution in [0.1, 0.15) is 33.2 Å². The Kier molecular flexibility index (Phi) is 6.65. The molecule has 0 bridgehead atoms. The number of nitrogens with one attached hydrogen (secondary N) is 1. The third-order valence-corrected chi connectivity index (χ3v) is 6.63. The molecule has 3 amide bonds. The Morgan fingerprint density at radius 3 is 2.35 bits per heavy atom. The van der Waals surface area contributed by atoms with Crippen molar-refractivity contribution in [1.82, 2.24) is 10.2 Å². The van der Waals surface area contributed by atoms with Gasteiger partial charge in [-0.15, -0.1) is 0 Å². The number of imide groups is 1. The zero-order chi connectivity index (χ0) is 26.3. The first-order valence-electron chi connectivity index (χ1n) is 11.8. The van der Waals surface area contributed by atoms with E-state index in [1.807, 2.05) is 30.3 Å². The Bertz CT molecular complexity index is 1340. The first-order valence-corrected chi connectivity index (χ1v) is 11.8. The number of carbonyl (C=O) groups is 3. The van der Waals surface area contributed by atoms with E-state index in [4.69, 9.17) is 9.47 Å². The van der Waals surface area contributed by atoms with Crippen LogP contribution in [0, 0.1) is 0 Å². The highest BCUT2D eigenvalue weighted by Gasteiger charge is 2.46. The fourth-order valence-corrected chi connectivity index (χ4v) is 4.83. The van der Waals surface area contributed by atoms with Gasteiger partial charge in [-0.05, 0) is 23.8 Å². The summed E-state index contributed by atoms with van der Waals surface area (Å²) >= 11 is 0. The van der Waals surface area contributed by atoms with E-state index in [-0.39, 0.29) is 12.3 Å². The molecule has 2 aliphatic heterocycles. The smallest absolute Gasteiger partial charge is 0.261 e. The quantitative estimate of drug-likeness (QED) is 0.362. The van der Waals surface area contributed by atoms with Crippen molar-refractivity contribution >= 4 is 28.5 Å². The molecule has 3 aromatic carbocycles. The van der Waals surface area contributed by atoms with Gasteiger partial charge in [0.2, 0.25) is 12.2 Å². The normalized spacial score (nSPS) is 25.3. The minimum atomic E-state index is -1.48. The molecule has 2 heterocycles. The van der Waals surface area contributed by atoms with Crippen LogP contribution in [-0.2, 0) is 16.1 Å². The van der Waals surface area contributed by atoms with Crippen molar-refractivity contribution < 1.29 is 39.2 Å². The van der Waals surface area contributed by atoms with Gasteiger partial charge in [0, 0.05) is 28.8 Å². The number of ether oxygens (including phenoxy) is 2. The number of rotatable bonds is 6. The van der Waals surface area contributed by atoms with Crippen LogP contribution in [-0.4, -0.2) is 75.2 Å². The average Bonchev–Trinajstić information content (AvgIpc) is 2.90. The maximum Gasteiger partial charge on any atom is 0.261 e. The molecule has 1 saturated heterocycles. The van der Waals surface area contributed by atoms with Crippen molar-refractivity contribution in [3.8, 4) is 5.75 Å². The lowest BCUT2D eigenvalue weighted by Gasteiger charge is -2.42. The summed E-state index contributed by atoms with van der Waals surface area (Å²) in [7, 11) is 0. The van der Waals surface area contributed by atoms with E-state index < -0.39 is 55.0 Å². The Labute approximate surface area is 212 Å². The number of aliphatic hydroxyl groups is 3. The van der Waals surface area contributed by atoms with E-state index in [0.717, 1.165) is 5.56 Å². The highest BCUT2D eigenvalue weighted by Crippen LogP contribution is 2.37. The minimum absolute atomic E-state index is 0.129. The molecule has 5 atom stereocenters. The molecule has 10 nitrogen and oxygen atoms in total. The topological polar surface area (TPSA) is 146 Å². The van der Waals surface area contributed by atoms with Gasteiger partial charge in [-0.2, -0.15) is 0 Å². The third-order valence-electron chi connectivity index (χ3n) is 6.63. The van der Waals surface area contributed by atoms with Gasteiger partial charge in [-0.1, -0.05) is 42.5 Å². The van der Waals surface area contributed by atoms with Crippen molar-refractivity contribution in [3.05, 3.63) is 77.4 Å². The maximum absolute atomic E-state index is 13.4. The summed E-state index contributed by atoms with van der Waals surface area (Å²) in [6.45, 7) is 0.786. The van der Waals surface area contributed by atoms with Gasteiger partial charge in [0.1, 0.15) is 30.1 Å². The number of benzene rings is 3. The Morgan fingerprint density at radius 2 is 1.68 bits per heavy atom. The fourth-order valence-electron chi connectivity index (χ4n) is 4.83.